The summed E-state index contributed by atoms with van der Waals surface area (Å²) in [5.74, 6) is 0.292. The summed E-state index contributed by atoms with van der Waals surface area (Å²) in [6.45, 7) is 0. The Balaban J connectivity index is 1.12. The third-order valence-electron chi connectivity index (χ3n) is 6.81. The van der Waals surface area contributed by atoms with Crippen LogP contribution in [0, 0.1) is 5.41 Å². The van der Waals surface area contributed by atoms with Crippen molar-refractivity contribution in [1.29, 1.82) is 0 Å². The van der Waals surface area contributed by atoms with Crippen molar-refractivity contribution in [3.8, 4) is 0 Å². The van der Waals surface area contributed by atoms with Gasteiger partial charge in [-0.3, -0.25) is 14.0 Å². The molecule has 7 nitrogen and oxygen atoms in total. The molecule has 0 bridgehead atoms. The Kier molecular flexibility index (Phi) is 3.63. The number of nitrogens with one attached hydrogen (secondary N) is 2. The molecular formula is C23H21N5O2. The van der Waals surface area contributed by atoms with Gasteiger partial charge in [0.05, 0.1) is 17.3 Å². The van der Waals surface area contributed by atoms with Crippen molar-refractivity contribution >= 4 is 22.3 Å². The Morgan fingerprint density at radius 3 is 2.67 bits per heavy atom. The molecule has 6 rings (SSSR count). The Morgan fingerprint density at radius 1 is 1.07 bits per heavy atom. The van der Waals surface area contributed by atoms with E-state index in [4.69, 9.17) is 0 Å². The van der Waals surface area contributed by atoms with E-state index in [9.17, 15) is 9.59 Å². The third-order valence-corrected chi connectivity index (χ3v) is 6.81. The smallest absolute Gasteiger partial charge is 0.272 e. The zero-order chi connectivity index (χ0) is 20.3. The van der Waals surface area contributed by atoms with Gasteiger partial charge in [0.15, 0.2) is 0 Å². The number of nitrogens with zero attached hydrogens (tertiary/aromatic N) is 3. The average Bonchev–Trinajstić information content (AvgIpc) is 3.14. The average molecular weight is 399 g/mol. The molecule has 3 aromatic heterocycles. The number of rotatable bonds is 3. The number of aromatic amines is 1. The van der Waals surface area contributed by atoms with E-state index < -0.39 is 0 Å². The fourth-order valence-corrected chi connectivity index (χ4v) is 5.41. The zero-order valence-electron chi connectivity index (χ0n) is 16.3. The van der Waals surface area contributed by atoms with Crippen LogP contribution in [0.1, 0.15) is 47.8 Å². The number of hydrogen-bond donors (Lipinski definition) is 2. The lowest BCUT2D eigenvalue weighted by Gasteiger charge is -2.57. The molecule has 0 radical (unpaired) electrons. The molecule has 1 aromatic carbocycles. The molecule has 30 heavy (non-hydrogen) atoms. The second kappa shape index (κ2) is 6.26. The highest BCUT2D eigenvalue weighted by molar-refractivity contribution is 5.93. The van der Waals surface area contributed by atoms with E-state index in [0.717, 1.165) is 42.4 Å². The Morgan fingerprint density at radius 2 is 1.83 bits per heavy atom. The maximum absolute atomic E-state index is 12.7. The molecule has 7 heteroatoms. The van der Waals surface area contributed by atoms with Crippen LogP contribution in [0.15, 0.2) is 59.7 Å². The molecule has 2 aliphatic rings. The van der Waals surface area contributed by atoms with Crippen LogP contribution in [-0.4, -0.2) is 31.5 Å². The van der Waals surface area contributed by atoms with Gasteiger partial charge in [-0.2, -0.15) is 5.10 Å². The number of hydrogen-bond acceptors (Lipinski definition) is 4. The topological polar surface area (TPSA) is 92.1 Å². The first-order valence-electron chi connectivity index (χ1n) is 10.3. The van der Waals surface area contributed by atoms with Gasteiger partial charge in [-0.25, -0.2) is 10.1 Å². The summed E-state index contributed by atoms with van der Waals surface area (Å²) in [6.07, 6.45) is 7.58. The van der Waals surface area contributed by atoms with Gasteiger partial charge >= 0.3 is 0 Å². The molecule has 3 heterocycles. The minimum absolute atomic E-state index is 0.0716. The van der Waals surface area contributed by atoms with Crippen molar-refractivity contribution in [1.82, 2.24) is 24.9 Å². The Bertz CT molecular complexity index is 1340. The first kappa shape index (κ1) is 17.4. The summed E-state index contributed by atoms with van der Waals surface area (Å²) < 4.78 is 1.82. The highest BCUT2D eigenvalue weighted by Crippen LogP contribution is 2.62. The molecule has 1 spiro atoms. The second-order valence-electron chi connectivity index (χ2n) is 8.74. The number of benzene rings is 1. The van der Waals surface area contributed by atoms with E-state index in [1.165, 1.54) is 0 Å². The molecule has 0 saturated heterocycles. The summed E-state index contributed by atoms with van der Waals surface area (Å²) in [7, 11) is 0. The first-order valence-corrected chi connectivity index (χ1v) is 10.3. The lowest BCUT2D eigenvalue weighted by Crippen LogP contribution is -2.55. The standard InChI is InChI=1S/C23H21N5O2/c29-21-17-6-2-1-5-16(17)20(26-27-21)14-9-23(10-14)11-15(12-23)25-22(30)18-13-24-19-7-3-4-8-28(18)19/h1-8,13-15H,9-12H2,(H,25,30)(H,27,29)/t14-,15-,23?. The minimum atomic E-state index is -0.137. The summed E-state index contributed by atoms with van der Waals surface area (Å²) in [6, 6.07) is 13.6. The van der Waals surface area contributed by atoms with Crippen LogP contribution in [0.3, 0.4) is 0 Å². The van der Waals surface area contributed by atoms with Crippen LogP contribution < -0.4 is 10.9 Å². The monoisotopic (exact) mass is 399 g/mol. The molecular weight excluding hydrogens is 378 g/mol. The fraction of sp³-hybridized carbons (Fsp3) is 0.304. The van der Waals surface area contributed by atoms with Crippen molar-refractivity contribution in [2.24, 2.45) is 5.41 Å². The summed E-state index contributed by atoms with van der Waals surface area (Å²) in [4.78, 5) is 29.0. The van der Waals surface area contributed by atoms with Crippen LogP contribution >= 0.6 is 0 Å². The third kappa shape index (κ3) is 2.58. The normalized spacial score (nSPS) is 25.2. The van der Waals surface area contributed by atoms with Gasteiger partial charge in [0.2, 0.25) is 0 Å². The van der Waals surface area contributed by atoms with Gasteiger partial charge in [0, 0.05) is 23.5 Å². The molecule has 2 fully saturated rings. The van der Waals surface area contributed by atoms with Crippen LogP contribution in [-0.2, 0) is 0 Å². The van der Waals surface area contributed by atoms with Crippen molar-refractivity contribution in [3.05, 3.63) is 76.6 Å². The highest BCUT2D eigenvalue weighted by atomic mass is 16.2. The number of carbonyl (C=O) groups excluding carboxylic acids is 1. The molecule has 0 atom stereocenters. The van der Waals surface area contributed by atoms with E-state index in [1.54, 1.807) is 6.20 Å². The van der Waals surface area contributed by atoms with Gasteiger partial charge < -0.3 is 5.32 Å². The Hall–Kier alpha value is -3.48. The lowest BCUT2D eigenvalue weighted by atomic mass is 9.49. The minimum Gasteiger partial charge on any atom is -0.348 e. The maximum atomic E-state index is 12.7. The number of fused-ring (bicyclic) bond motifs is 2. The predicted octanol–water partition coefficient (Wildman–Crippen LogP) is 3.03. The fourth-order valence-electron chi connectivity index (χ4n) is 5.41. The zero-order valence-corrected chi connectivity index (χ0v) is 16.3. The first-order chi connectivity index (χ1) is 14.6. The molecule has 2 N–H and O–H groups in total. The SMILES string of the molecule is O=C(N[C@H]1CC2(C1)C[C@H](c1n[nH]c(=O)c3ccccc31)C2)c1cnc2ccccn12. The van der Waals surface area contributed by atoms with E-state index in [-0.39, 0.29) is 17.5 Å². The lowest BCUT2D eigenvalue weighted by molar-refractivity contribution is -0.0197. The van der Waals surface area contributed by atoms with Gasteiger partial charge in [-0.05, 0) is 49.3 Å². The highest BCUT2D eigenvalue weighted by Gasteiger charge is 2.54. The van der Waals surface area contributed by atoms with Crippen LogP contribution in [0.25, 0.3) is 16.4 Å². The van der Waals surface area contributed by atoms with Crippen molar-refractivity contribution in [2.45, 2.75) is 37.6 Å². The van der Waals surface area contributed by atoms with E-state index in [2.05, 4.69) is 20.5 Å². The number of amides is 1. The van der Waals surface area contributed by atoms with Gasteiger partial charge in [-0.1, -0.05) is 24.3 Å². The summed E-state index contributed by atoms with van der Waals surface area (Å²) in [5.41, 5.74) is 2.49. The van der Waals surface area contributed by atoms with E-state index >= 15 is 0 Å². The van der Waals surface area contributed by atoms with Crippen LogP contribution in [0.2, 0.25) is 0 Å². The van der Waals surface area contributed by atoms with Crippen LogP contribution in [0.5, 0.6) is 0 Å². The largest absolute Gasteiger partial charge is 0.348 e. The van der Waals surface area contributed by atoms with Crippen molar-refractivity contribution in [3.63, 3.8) is 0 Å². The molecule has 1 amide bonds. The second-order valence-corrected chi connectivity index (χ2v) is 8.74. The molecule has 2 aliphatic carbocycles. The van der Waals surface area contributed by atoms with E-state index in [1.807, 2.05) is 53.1 Å². The quantitative estimate of drug-likeness (QED) is 0.554. The van der Waals surface area contributed by atoms with E-state index in [0.29, 0.717) is 22.4 Å². The number of H-pyrrole nitrogens is 1. The molecule has 150 valence electrons. The van der Waals surface area contributed by atoms with Crippen molar-refractivity contribution < 1.29 is 4.79 Å². The Labute approximate surface area is 172 Å². The van der Waals surface area contributed by atoms with Gasteiger partial charge in [0.1, 0.15) is 11.3 Å². The number of imidazole rings is 1. The molecule has 2 saturated carbocycles. The summed E-state index contributed by atoms with van der Waals surface area (Å²) >= 11 is 0. The van der Waals surface area contributed by atoms with Crippen molar-refractivity contribution in [2.75, 3.05) is 0 Å². The van der Waals surface area contributed by atoms with Crippen LogP contribution in [0.4, 0.5) is 0 Å². The number of aromatic nitrogens is 4. The van der Waals surface area contributed by atoms with Gasteiger partial charge in [0.25, 0.3) is 11.5 Å². The summed E-state index contributed by atoms with van der Waals surface area (Å²) in [5, 5.41) is 11.8. The molecule has 0 unspecified atom stereocenters. The molecule has 0 aliphatic heterocycles. The molecule has 4 aromatic rings. The van der Waals surface area contributed by atoms with Gasteiger partial charge in [-0.15, -0.1) is 0 Å². The number of carbonyl (C=O) groups is 1. The predicted molar refractivity (Wildman–Crippen MR) is 112 cm³/mol. The maximum Gasteiger partial charge on any atom is 0.272 e. The number of pyridine rings is 1.